The Balaban J connectivity index is 1.46. The van der Waals surface area contributed by atoms with Crippen molar-refractivity contribution < 1.29 is 27.2 Å². The fraction of sp³-hybridized carbons (Fsp3) is 0.857. The van der Waals surface area contributed by atoms with Gasteiger partial charge in [0.05, 0.1) is 17.7 Å². The number of alkyl halides is 1. The normalized spacial score (nSPS) is 35.6. The number of rotatable bonds is 6. The van der Waals surface area contributed by atoms with Gasteiger partial charge in [0.2, 0.25) is 15.9 Å². The summed E-state index contributed by atoms with van der Waals surface area (Å²) >= 11 is 0. The van der Waals surface area contributed by atoms with Crippen LogP contribution in [0.2, 0.25) is 0 Å². The fourth-order valence-corrected chi connectivity index (χ4v) is 7.24. The van der Waals surface area contributed by atoms with E-state index in [-0.39, 0.29) is 36.2 Å². The molecule has 0 aromatic carbocycles. The first-order valence-corrected chi connectivity index (χ1v) is 12.8. The van der Waals surface area contributed by atoms with Gasteiger partial charge in [0.1, 0.15) is 6.17 Å². The average molecular weight is 458 g/mol. The van der Waals surface area contributed by atoms with Crippen LogP contribution in [0.3, 0.4) is 0 Å². The number of Topliss-reactive ketones (excluding diaryl/α,β-unsaturated/α-hetero) is 1. The second kappa shape index (κ2) is 8.10. The van der Waals surface area contributed by atoms with Crippen molar-refractivity contribution in [3.63, 3.8) is 0 Å². The Kier molecular flexibility index (Phi) is 5.91. The Morgan fingerprint density at radius 2 is 1.77 bits per heavy atom. The fourth-order valence-electron chi connectivity index (χ4n) is 5.28. The molecule has 1 saturated heterocycles. The maximum Gasteiger partial charge on any atom is 0.327 e. The first kappa shape index (κ1) is 22.6. The third-order valence-electron chi connectivity index (χ3n) is 7.63. The number of nitrogens with one attached hydrogen (secondary N) is 1. The van der Waals surface area contributed by atoms with E-state index in [1.54, 1.807) is 7.05 Å². The summed E-state index contributed by atoms with van der Waals surface area (Å²) < 4.78 is 41.9. The maximum atomic E-state index is 13.4. The lowest BCUT2D eigenvalue weighted by atomic mass is 9.80. The highest BCUT2D eigenvalue weighted by molar-refractivity contribution is 7.90. The molecular weight excluding hydrogens is 425 g/mol. The zero-order valence-electron chi connectivity index (χ0n) is 18.2. The van der Waals surface area contributed by atoms with E-state index < -0.39 is 39.3 Å². The molecule has 174 valence electrons. The van der Waals surface area contributed by atoms with Crippen molar-refractivity contribution in [2.24, 2.45) is 11.8 Å². The number of imide groups is 1. The summed E-state index contributed by atoms with van der Waals surface area (Å²) in [4.78, 5) is 41.2. The van der Waals surface area contributed by atoms with Crippen LogP contribution in [0.5, 0.6) is 0 Å². The maximum absolute atomic E-state index is 13.4. The lowest BCUT2D eigenvalue weighted by Gasteiger charge is -2.46. The lowest BCUT2D eigenvalue weighted by Crippen LogP contribution is -2.63. The molecule has 1 N–H and O–H groups in total. The van der Waals surface area contributed by atoms with Crippen LogP contribution in [-0.4, -0.2) is 72.5 Å². The molecule has 3 aliphatic carbocycles. The van der Waals surface area contributed by atoms with Crippen LogP contribution in [0.25, 0.3) is 0 Å². The number of fused-ring (bicyclic) bond motifs is 1. The minimum absolute atomic E-state index is 0.143. The van der Waals surface area contributed by atoms with E-state index in [1.807, 2.05) is 6.92 Å². The van der Waals surface area contributed by atoms with Crippen molar-refractivity contribution in [1.29, 1.82) is 0 Å². The predicted molar refractivity (Wildman–Crippen MR) is 111 cm³/mol. The van der Waals surface area contributed by atoms with Gasteiger partial charge in [-0.25, -0.2) is 22.3 Å². The Bertz CT molecular complexity index is 866. The number of amides is 3. The number of halogens is 1. The molecular formula is C21H32FN3O5S. The Labute approximate surface area is 182 Å². The number of urea groups is 1. The quantitative estimate of drug-likeness (QED) is 0.657. The molecule has 31 heavy (non-hydrogen) atoms. The summed E-state index contributed by atoms with van der Waals surface area (Å²) in [5, 5.41) is -0.686. The van der Waals surface area contributed by atoms with Crippen molar-refractivity contribution in [3.05, 3.63) is 0 Å². The molecule has 0 bridgehead atoms. The van der Waals surface area contributed by atoms with E-state index in [0.29, 0.717) is 38.5 Å². The first-order chi connectivity index (χ1) is 14.5. The van der Waals surface area contributed by atoms with Crippen LogP contribution in [0.4, 0.5) is 9.18 Å². The van der Waals surface area contributed by atoms with Gasteiger partial charge < -0.3 is 4.90 Å². The molecule has 1 heterocycles. The van der Waals surface area contributed by atoms with E-state index in [2.05, 4.69) is 4.72 Å². The van der Waals surface area contributed by atoms with Crippen molar-refractivity contribution in [2.75, 3.05) is 13.6 Å². The molecule has 0 radical (unpaired) electrons. The summed E-state index contributed by atoms with van der Waals surface area (Å²) in [6.45, 7) is 1.55. The van der Waals surface area contributed by atoms with Gasteiger partial charge in [-0.2, -0.15) is 0 Å². The smallest absolute Gasteiger partial charge is 0.324 e. The van der Waals surface area contributed by atoms with Crippen LogP contribution < -0.4 is 4.72 Å². The van der Waals surface area contributed by atoms with E-state index in [9.17, 15) is 27.2 Å². The van der Waals surface area contributed by atoms with Gasteiger partial charge in [0, 0.05) is 24.5 Å². The summed E-state index contributed by atoms with van der Waals surface area (Å²) in [6, 6.07) is -0.861. The zero-order valence-corrected chi connectivity index (χ0v) is 19.0. The highest BCUT2D eigenvalue weighted by atomic mass is 32.2. The van der Waals surface area contributed by atoms with Gasteiger partial charge in [-0.3, -0.25) is 14.5 Å². The summed E-state index contributed by atoms with van der Waals surface area (Å²) in [5.74, 6) is -1.65. The minimum atomic E-state index is -3.57. The number of carbonyl (C=O) groups is 3. The van der Waals surface area contributed by atoms with Crippen molar-refractivity contribution in [1.82, 2.24) is 14.5 Å². The third-order valence-corrected chi connectivity index (χ3v) is 9.72. The number of hydrogen-bond donors (Lipinski definition) is 1. The van der Waals surface area contributed by atoms with Crippen LogP contribution in [-0.2, 0) is 19.6 Å². The van der Waals surface area contributed by atoms with Crippen LogP contribution in [0.15, 0.2) is 0 Å². The molecule has 8 nitrogen and oxygen atoms in total. The Morgan fingerprint density at radius 1 is 1.13 bits per heavy atom. The SMILES string of the molecule is CN1C(=O)N(CC(=O)C2CCC(F)CC2)C(=O)C2CC(S(=O)(=O)NC3(C)CC3)CCC21. The standard InChI is InChI=1S/C21H32FN3O5S/c1-21(9-10-21)23-31(29,30)15-7-8-17-16(11-15)19(27)25(20(28)24(17)2)12-18(26)13-3-5-14(22)6-4-13/h13-17,23H,3-12H2,1-2H3. The van der Waals surface area contributed by atoms with E-state index in [1.165, 1.54) is 4.90 Å². The Morgan fingerprint density at radius 3 is 2.39 bits per heavy atom. The van der Waals surface area contributed by atoms with Gasteiger partial charge >= 0.3 is 6.03 Å². The van der Waals surface area contributed by atoms with Crippen molar-refractivity contribution >= 4 is 27.7 Å². The summed E-state index contributed by atoms with van der Waals surface area (Å²) in [5.41, 5.74) is -0.379. The molecule has 3 amide bonds. The molecule has 3 unspecified atom stereocenters. The Hall–Kier alpha value is -1.55. The van der Waals surface area contributed by atoms with Gasteiger partial charge in [0.25, 0.3) is 0 Å². The summed E-state index contributed by atoms with van der Waals surface area (Å²) in [6.07, 6.45) is 3.22. The third kappa shape index (κ3) is 4.51. The highest BCUT2D eigenvalue weighted by Gasteiger charge is 2.51. The average Bonchev–Trinajstić information content (AvgIpc) is 3.45. The number of carbonyl (C=O) groups excluding carboxylic acids is 3. The molecule has 1 aliphatic heterocycles. The van der Waals surface area contributed by atoms with Gasteiger partial charge in [-0.05, 0) is 64.7 Å². The van der Waals surface area contributed by atoms with E-state index in [0.717, 1.165) is 17.7 Å². The van der Waals surface area contributed by atoms with Gasteiger partial charge in [-0.15, -0.1) is 0 Å². The molecule has 3 atom stereocenters. The van der Waals surface area contributed by atoms with Crippen molar-refractivity contribution in [3.8, 4) is 0 Å². The van der Waals surface area contributed by atoms with Crippen LogP contribution in [0.1, 0.15) is 64.7 Å². The molecule has 0 aromatic heterocycles. The number of hydrogen-bond acceptors (Lipinski definition) is 5. The summed E-state index contributed by atoms with van der Waals surface area (Å²) in [7, 11) is -1.97. The molecule has 4 rings (SSSR count). The zero-order chi connectivity index (χ0) is 22.6. The molecule has 0 spiro atoms. The van der Waals surface area contributed by atoms with E-state index >= 15 is 0 Å². The number of nitrogens with zero attached hydrogens (tertiary/aromatic N) is 2. The first-order valence-electron chi connectivity index (χ1n) is 11.3. The lowest BCUT2D eigenvalue weighted by molar-refractivity contribution is -0.143. The molecule has 4 aliphatic rings. The number of sulfonamides is 1. The monoisotopic (exact) mass is 457 g/mol. The van der Waals surface area contributed by atoms with Crippen LogP contribution in [0, 0.1) is 11.8 Å². The van der Waals surface area contributed by atoms with Crippen molar-refractivity contribution in [2.45, 2.75) is 87.7 Å². The largest absolute Gasteiger partial charge is 0.327 e. The number of ketones is 1. The van der Waals surface area contributed by atoms with E-state index in [4.69, 9.17) is 0 Å². The highest BCUT2D eigenvalue weighted by Crippen LogP contribution is 2.40. The van der Waals surface area contributed by atoms with Crippen LogP contribution >= 0.6 is 0 Å². The molecule has 10 heteroatoms. The second-order valence-electron chi connectivity index (χ2n) is 10.0. The second-order valence-corrected chi connectivity index (χ2v) is 12.0. The molecule has 0 aromatic rings. The van der Waals surface area contributed by atoms with Gasteiger partial charge in [0.15, 0.2) is 5.78 Å². The van der Waals surface area contributed by atoms with Gasteiger partial charge in [-0.1, -0.05) is 0 Å². The minimum Gasteiger partial charge on any atom is -0.324 e. The molecule has 4 fully saturated rings. The predicted octanol–water partition coefficient (Wildman–Crippen LogP) is 1.99. The molecule has 3 saturated carbocycles. The topological polar surface area (TPSA) is 104 Å².